The summed E-state index contributed by atoms with van der Waals surface area (Å²) in [6, 6.07) is 0. The van der Waals surface area contributed by atoms with E-state index in [9.17, 15) is 4.79 Å². The second-order valence-electron chi connectivity index (χ2n) is 14.4. The maximum absolute atomic E-state index is 12.8. The summed E-state index contributed by atoms with van der Waals surface area (Å²) in [5.74, 6) is 3.46. The van der Waals surface area contributed by atoms with Crippen molar-refractivity contribution in [3.8, 4) is 0 Å². The summed E-state index contributed by atoms with van der Waals surface area (Å²) in [5, 5.41) is 0. The molecule has 30 heavy (non-hydrogen) atoms. The predicted molar refractivity (Wildman–Crippen MR) is 125 cm³/mol. The number of allylic oxidation sites excluding steroid dienone is 2. The van der Waals surface area contributed by atoms with E-state index in [1.165, 1.54) is 51.4 Å². The minimum absolute atomic E-state index is 0.128. The molecule has 0 bridgehead atoms. The lowest BCUT2D eigenvalue weighted by molar-refractivity contribution is -0.169. The molecule has 0 unspecified atom stereocenters. The molecule has 0 aromatic rings. The van der Waals surface area contributed by atoms with Crippen molar-refractivity contribution < 1.29 is 4.79 Å². The quantitative estimate of drug-likeness (QED) is 0.370. The Labute approximate surface area is 185 Å². The fourth-order valence-corrected chi connectivity index (χ4v) is 10.00. The van der Waals surface area contributed by atoms with Crippen LogP contribution in [-0.4, -0.2) is 5.78 Å². The summed E-state index contributed by atoms with van der Waals surface area (Å²) >= 11 is 0. The second kappa shape index (κ2) is 6.26. The Hall–Kier alpha value is -0.590. The Morgan fingerprint density at radius 3 is 2.23 bits per heavy atom. The van der Waals surface area contributed by atoms with Crippen LogP contribution in [0, 0.1) is 50.7 Å². The summed E-state index contributed by atoms with van der Waals surface area (Å²) in [6.45, 7) is 17.4. The molecule has 0 radical (unpaired) electrons. The Morgan fingerprint density at radius 1 is 0.767 bits per heavy atom. The van der Waals surface area contributed by atoms with E-state index in [-0.39, 0.29) is 5.41 Å². The van der Waals surface area contributed by atoms with Gasteiger partial charge in [0.2, 0.25) is 0 Å². The highest BCUT2D eigenvalue weighted by Crippen LogP contribution is 2.71. The van der Waals surface area contributed by atoms with Crippen molar-refractivity contribution in [3.63, 3.8) is 0 Å². The van der Waals surface area contributed by atoms with Gasteiger partial charge in [0.15, 0.2) is 0 Å². The number of fused-ring (bicyclic) bond motifs is 7. The maximum Gasteiger partial charge on any atom is 0.138 e. The molecule has 4 saturated carbocycles. The van der Waals surface area contributed by atoms with Gasteiger partial charge in [-0.3, -0.25) is 4.79 Å². The summed E-state index contributed by atoms with van der Waals surface area (Å²) in [6.07, 6.45) is 15.6. The minimum atomic E-state index is -0.128. The van der Waals surface area contributed by atoms with Crippen LogP contribution < -0.4 is 0 Å². The van der Waals surface area contributed by atoms with Crippen LogP contribution in [0.5, 0.6) is 0 Å². The standard InChI is InChI=1S/C29H46O/c1-25(2)16-17-27(5)13-10-20-19(21(27)18-25)8-9-23-28(20,6)14-11-22-26(3,4)24(30)12-15-29(22,23)7/h8,20-23H,9-18H2,1-7H3/t20-,21+,22+,23+,27+,28+,29+/m1/s1. The van der Waals surface area contributed by atoms with E-state index in [4.69, 9.17) is 0 Å². The summed E-state index contributed by atoms with van der Waals surface area (Å²) < 4.78 is 0. The van der Waals surface area contributed by atoms with Gasteiger partial charge in [-0.1, -0.05) is 60.1 Å². The van der Waals surface area contributed by atoms with Crippen molar-refractivity contribution in [2.45, 2.75) is 113 Å². The van der Waals surface area contributed by atoms with Crippen LogP contribution >= 0.6 is 0 Å². The highest BCUT2D eigenvalue weighted by molar-refractivity contribution is 5.85. The lowest BCUT2D eigenvalue weighted by Gasteiger charge is -2.67. The van der Waals surface area contributed by atoms with E-state index >= 15 is 0 Å². The molecule has 5 rings (SSSR count). The first-order valence-corrected chi connectivity index (χ1v) is 13.1. The lowest BCUT2D eigenvalue weighted by Crippen LogP contribution is -2.61. The minimum Gasteiger partial charge on any atom is -0.299 e. The van der Waals surface area contributed by atoms with Gasteiger partial charge in [0, 0.05) is 11.8 Å². The monoisotopic (exact) mass is 410 g/mol. The number of carbonyl (C=O) groups is 1. The fraction of sp³-hybridized carbons (Fsp3) is 0.897. The van der Waals surface area contributed by atoms with Crippen LogP contribution in [0.4, 0.5) is 0 Å². The van der Waals surface area contributed by atoms with Gasteiger partial charge in [0.1, 0.15) is 5.78 Å². The molecular formula is C29H46O. The zero-order valence-electron chi connectivity index (χ0n) is 20.9. The van der Waals surface area contributed by atoms with E-state index in [1.807, 2.05) is 5.57 Å². The Kier molecular flexibility index (Phi) is 4.43. The van der Waals surface area contributed by atoms with Crippen LogP contribution in [0.25, 0.3) is 0 Å². The molecule has 168 valence electrons. The van der Waals surface area contributed by atoms with Crippen molar-refractivity contribution >= 4 is 5.78 Å². The van der Waals surface area contributed by atoms with Gasteiger partial charge in [-0.05, 0) is 103 Å². The molecule has 0 N–H and O–H groups in total. The zero-order chi connectivity index (χ0) is 21.7. The Morgan fingerprint density at radius 2 is 1.50 bits per heavy atom. The zero-order valence-corrected chi connectivity index (χ0v) is 20.9. The van der Waals surface area contributed by atoms with Crippen molar-refractivity contribution in [1.29, 1.82) is 0 Å². The average molecular weight is 411 g/mol. The van der Waals surface area contributed by atoms with Crippen LogP contribution in [0.3, 0.4) is 0 Å². The third kappa shape index (κ3) is 2.68. The average Bonchev–Trinajstić information content (AvgIpc) is 2.65. The molecule has 0 saturated heterocycles. The Bertz CT molecular complexity index is 786. The molecule has 0 heterocycles. The molecule has 5 aliphatic rings. The van der Waals surface area contributed by atoms with Gasteiger partial charge in [0.05, 0.1) is 0 Å². The Balaban J connectivity index is 1.53. The number of carbonyl (C=O) groups excluding carboxylic acids is 1. The van der Waals surface area contributed by atoms with Gasteiger partial charge in [-0.25, -0.2) is 0 Å². The first-order valence-electron chi connectivity index (χ1n) is 13.1. The highest BCUT2D eigenvalue weighted by atomic mass is 16.1. The number of hydrogen-bond acceptors (Lipinski definition) is 1. The van der Waals surface area contributed by atoms with Crippen LogP contribution in [0.1, 0.15) is 113 Å². The molecule has 7 atom stereocenters. The molecule has 1 heteroatoms. The topological polar surface area (TPSA) is 17.1 Å². The van der Waals surface area contributed by atoms with E-state index in [0.717, 1.165) is 30.6 Å². The molecule has 0 aromatic heterocycles. The predicted octanol–water partition coefficient (Wildman–Crippen LogP) is 7.99. The van der Waals surface area contributed by atoms with Gasteiger partial charge < -0.3 is 0 Å². The van der Waals surface area contributed by atoms with E-state index < -0.39 is 0 Å². The highest BCUT2D eigenvalue weighted by Gasteiger charge is 2.64. The van der Waals surface area contributed by atoms with Crippen LogP contribution in [-0.2, 0) is 4.79 Å². The molecule has 0 aromatic carbocycles. The third-order valence-corrected chi connectivity index (χ3v) is 12.0. The number of ketones is 1. The molecule has 5 aliphatic carbocycles. The van der Waals surface area contributed by atoms with Crippen molar-refractivity contribution in [2.24, 2.45) is 50.7 Å². The van der Waals surface area contributed by atoms with Crippen molar-refractivity contribution in [3.05, 3.63) is 11.6 Å². The molecule has 0 aliphatic heterocycles. The molecule has 1 nitrogen and oxygen atoms in total. The van der Waals surface area contributed by atoms with E-state index in [2.05, 4.69) is 54.5 Å². The first kappa shape index (κ1) is 21.3. The van der Waals surface area contributed by atoms with Gasteiger partial charge in [-0.2, -0.15) is 0 Å². The number of hydrogen-bond donors (Lipinski definition) is 0. The summed E-state index contributed by atoms with van der Waals surface area (Å²) in [4.78, 5) is 12.8. The molecular weight excluding hydrogens is 364 g/mol. The fourth-order valence-electron chi connectivity index (χ4n) is 10.00. The van der Waals surface area contributed by atoms with E-state index in [0.29, 0.717) is 33.4 Å². The number of Topliss-reactive ketones (excluding diaryl/α,β-unsaturated/α-hetero) is 1. The smallest absolute Gasteiger partial charge is 0.138 e. The first-order chi connectivity index (χ1) is 13.8. The third-order valence-electron chi connectivity index (χ3n) is 12.0. The second-order valence-corrected chi connectivity index (χ2v) is 14.4. The molecule has 0 amide bonds. The largest absolute Gasteiger partial charge is 0.299 e. The molecule has 4 fully saturated rings. The summed E-state index contributed by atoms with van der Waals surface area (Å²) in [5.41, 5.74) is 3.57. The van der Waals surface area contributed by atoms with Crippen LogP contribution in [0.2, 0.25) is 0 Å². The van der Waals surface area contributed by atoms with Gasteiger partial charge >= 0.3 is 0 Å². The maximum atomic E-state index is 12.8. The van der Waals surface area contributed by atoms with Crippen molar-refractivity contribution in [1.82, 2.24) is 0 Å². The van der Waals surface area contributed by atoms with Crippen LogP contribution in [0.15, 0.2) is 11.6 Å². The van der Waals surface area contributed by atoms with Gasteiger partial charge in [0.25, 0.3) is 0 Å². The summed E-state index contributed by atoms with van der Waals surface area (Å²) in [7, 11) is 0. The van der Waals surface area contributed by atoms with Crippen molar-refractivity contribution in [2.75, 3.05) is 0 Å². The van der Waals surface area contributed by atoms with E-state index in [1.54, 1.807) is 0 Å². The van der Waals surface area contributed by atoms with Gasteiger partial charge in [-0.15, -0.1) is 0 Å². The lowest BCUT2D eigenvalue weighted by atomic mass is 9.37. The SMILES string of the molecule is CC1(C)CC[C@]2(C)CC[C@@H]3C(=CC[C@H]4[C@@]3(C)CC[C@H]3C(C)(C)C(=O)CC[C@]43C)[C@@H]2C1. The number of rotatable bonds is 0. The molecule has 0 spiro atoms. The normalized spacial score (nSPS) is 51.7.